The lowest BCUT2D eigenvalue weighted by Crippen LogP contribution is -1.85. The molecule has 0 saturated heterocycles. The highest BCUT2D eigenvalue weighted by atomic mass is 79.9. The summed E-state index contributed by atoms with van der Waals surface area (Å²) in [6.07, 6.45) is 0.584. The van der Waals surface area contributed by atoms with Crippen molar-refractivity contribution in [3.05, 3.63) is 33.9 Å². The van der Waals surface area contributed by atoms with Crippen molar-refractivity contribution >= 4 is 33.1 Å². The number of aromatic nitrogens is 1. The molecule has 0 saturated carbocycles. The molecule has 0 fully saturated rings. The molecule has 0 amide bonds. The third-order valence-electron chi connectivity index (χ3n) is 1.97. The first-order chi connectivity index (χ1) is 6.65. The van der Waals surface area contributed by atoms with Gasteiger partial charge in [-0.1, -0.05) is 0 Å². The topological polar surface area (TPSA) is 32.9 Å². The number of carbonyl (C=O) groups is 1. The number of H-pyrrole nitrogens is 1. The van der Waals surface area contributed by atoms with Gasteiger partial charge in [-0.3, -0.25) is 4.79 Å². The molecule has 14 heavy (non-hydrogen) atoms. The van der Waals surface area contributed by atoms with E-state index in [-0.39, 0.29) is 5.52 Å². The smallest absolute Gasteiger partial charge is 0.182 e. The second-order valence-electron chi connectivity index (χ2n) is 2.75. The van der Waals surface area contributed by atoms with Crippen molar-refractivity contribution in [2.24, 2.45) is 0 Å². The van der Waals surface area contributed by atoms with Crippen LogP contribution in [0.5, 0.6) is 0 Å². The van der Waals surface area contributed by atoms with Gasteiger partial charge in [-0.15, -0.1) is 0 Å². The van der Waals surface area contributed by atoms with Crippen LogP contribution in [0, 0.1) is 11.6 Å². The van der Waals surface area contributed by atoms with Gasteiger partial charge in [-0.05, 0) is 28.1 Å². The van der Waals surface area contributed by atoms with Gasteiger partial charge < -0.3 is 4.98 Å². The zero-order valence-corrected chi connectivity index (χ0v) is 8.36. The molecule has 0 aliphatic heterocycles. The summed E-state index contributed by atoms with van der Waals surface area (Å²) >= 11 is 3.05. The number of aromatic amines is 1. The lowest BCUT2D eigenvalue weighted by molar-refractivity contribution is 0.112. The third kappa shape index (κ3) is 1.16. The molecule has 0 bridgehead atoms. The lowest BCUT2D eigenvalue weighted by Gasteiger charge is -1.93. The van der Waals surface area contributed by atoms with Gasteiger partial charge in [-0.25, -0.2) is 8.78 Å². The van der Waals surface area contributed by atoms with Gasteiger partial charge in [0.1, 0.15) is 0 Å². The first kappa shape index (κ1) is 9.33. The third-order valence-corrected chi connectivity index (χ3v) is 2.60. The molecule has 2 nitrogen and oxygen atoms in total. The van der Waals surface area contributed by atoms with Crippen LogP contribution < -0.4 is 0 Å². The number of halogens is 3. The molecule has 1 heterocycles. The molecule has 0 radical (unpaired) electrons. The zero-order valence-electron chi connectivity index (χ0n) is 6.77. The van der Waals surface area contributed by atoms with E-state index in [9.17, 15) is 13.6 Å². The monoisotopic (exact) mass is 259 g/mol. The van der Waals surface area contributed by atoms with E-state index in [1.807, 2.05) is 0 Å². The summed E-state index contributed by atoms with van der Waals surface area (Å²) in [5.41, 5.74) is 0.290. The number of hydrogen-bond donors (Lipinski definition) is 1. The van der Waals surface area contributed by atoms with E-state index in [1.165, 1.54) is 6.07 Å². The average Bonchev–Trinajstić information content (AvgIpc) is 2.49. The summed E-state index contributed by atoms with van der Waals surface area (Å²) in [6.45, 7) is 0. The van der Waals surface area contributed by atoms with E-state index in [4.69, 9.17) is 0 Å². The average molecular weight is 260 g/mol. The highest BCUT2D eigenvalue weighted by molar-refractivity contribution is 9.10. The van der Waals surface area contributed by atoms with Gasteiger partial charge in [-0.2, -0.15) is 0 Å². The molecule has 1 aromatic heterocycles. The van der Waals surface area contributed by atoms with Crippen molar-refractivity contribution in [3.63, 3.8) is 0 Å². The van der Waals surface area contributed by atoms with Crippen LogP contribution in [0.3, 0.4) is 0 Å². The standard InChI is InChI=1S/C9H4BrF2NO/c10-9-5(3-14)4-1-2-6(11)7(12)8(4)13-9/h1-3,13H. The van der Waals surface area contributed by atoms with E-state index in [2.05, 4.69) is 20.9 Å². The van der Waals surface area contributed by atoms with E-state index < -0.39 is 11.6 Å². The first-order valence-corrected chi connectivity index (χ1v) is 4.55. The largest absolute Gasteiger partial charge is 0.346 e. The number of aldehydes is 1. The Bertz CT molecular complexity index is 521. The maximum absolute atomic E-state index is 13.2. The fraction of sp³-hybridized carbons (Fsp3) is 0. The van der Waals surface area contributed by atoms with E-state index in [1.54, 1.807) is 0 Å². The number of nitrogens with one attached hydrogen (secondary N) is 1. The first-order valence-electron chi connectivity index (χ1n) is 3.75. The lowest BCUT2D eigenvalue weighted by atomic mass is 10.2. The zero-order chi connectivity index (χ0) is 10.3. The van der Waals surface area contributed by atoms with Crippen LogP contribution in [-0.4, -0.2) is 11.3 Å². The van der Waals surface area contributed by atoms with Crippen molar-refractivity contribution in [2.45, 2.75) is 0 Å². The van der Waals surface area contributed by atoms with Crippen LogP contribution in [-0.2, 0) is 0 Å². The molecule has 0 unspecified atom stereocenters. The van der Waals surface area contributed by atoms with Gasteiger partial charge >= 0.3 is 0 Å². The van der Waals surface area contributed by atoms with Crippen LogP contribution in [0.15, 0.2) is 16.7 Å². The maximum atomic E-state index is 13.2. The summed E-state index contributed by atoms with van der Waals surface area (Å²) in [5, 5.41) is 0.366. The summed E-state index contributed by atoms with van der Waals surface area (Å²) in [6, 6.07) is 2.35. The van der Waals surface area contributed by atoms with E-state index in [0.717, 1.165) is 6.07 Å². The normalized spacial score (nSPS) is 10.8. The van der Waals surface area contributed by atoms with Crippen LogP contribution in [0.4, 0.5) is 8.78 Å². The minimum Gasteiger partial charge on any atom is -0.346 e. The van der Waals surface area contributed by atoms with Crippen LogP contribution in [0.2, 0.25) is 0 Å². The minimum absolute atomic E-state index is 0.000949. The van der Waals surface area contributed by atoms with Crippen molar-refractivity contribution in [1.82, 2.24) is 4.98 Å². The van der Waals surface area contributed by atoms with Crippen molar-refractivity contribution < 1.29 is 13.6 Å². The molecule has 72 valence electrons. The van der Waals surface area contributed by atoms with E-state index >= 15 is 0 Å². The molecule has 2 rings (SSSR count). The summed E-state index contributed by atoms with van der Waals surface area (Å²) in [7, 11) is 0. The highest BCUT2D eigenvalue weighted by Crippen LogP contribution is 2.27. The quantitative estimate of drug-likeness (QED) is 0.785. The van der Waals surface area contributed by atoms with Crippen molar-refractivity contribution in [1.29, 1.82) is 0 Å². The summed E-state index contributed by atoms with van der Waals surface area (Å²) in [4.78, 5) is 13.2. The van der Waals surface area contributed by atoms with E-state index in [0.29, 0.717) is 21.8 Å². The maximum Gasteiger partial charge on any atom is 0.182 e. The molecule has 1 N–H and O–H groups in total. The van der Waals surface area contributed by atoms with Gasteiger partial charge in [0, 0.05) is 5.39 Å². The summed E-state index contributed by atoms with van der Waals surface area (Å²) in [5.74, 6) is -1.92. The number of benzene rings is 1. The Morgan fingerprint density at radius 2 is 2.07 bits per heavy atom. The number of hydrogen-bond acceptors (Lipinski definition) is 1. The predicted octanol–water partition coefficient (Wildman–Crippen LogP) is 3.02. The Labute approximate surface area is 86.0 Å². The molecule has 1 aromatic carbocycles. The Balaban J connectivity index is 2.93. The van der Waals surface area contributed by atoms with Crippen LogP contribution in [0.25, 0.3) is 10.9 Å². The Morgan fingerprint density at radius 1 is 1.36 bits per heavy atom. The summed E-state index contributed by atoms with van der Waals surface area (Å²) < 4.78 is 26.3. The van der Waals surface area contributed by atoms with Gasteiger partial charge in [0.05, 0.1) is 15.7 Å². The Hall–Kier alpha value is -1.23. The fourth-order valence-corrected chi connectivity index (χ4v) is 1.81. The molecule has 0 aliphatic rings. The molecular weight excluding hydrogens is 256 g/mol. The molecule has 0 aliphatic carbocycles. The van der Waals surface area contributed by atoms with Crippen molar-refractivity contribution in [3.8, 4) is 0 Å². The number of fused-ring (bicyclic) bond motifs is 1. The minimum atomic E-state index is -0.976. The van der Waals surface area contributed by atoms with Gasteiger partial charge in [0.2, 0.25) is 0 Å². The fourth-order valence-electron chi connectivity index (χ4n) is 1.31. The molecule has 5 heteroatoms. The van der Waals surface area contributed by atoms with Crippen LogP contribution in [0.1, 0.15) is 10.4 Å². The van der Waals surface area contributed by atoms with Crippen molar-refractivity contribution in [2.75, 3.05) is 0 Å². The molecule has 0 atom stereocenters. The predicted molar refractivity (Wildman–Crippen MR) is 51.3 cm³/mol. The number of carbonyl (C=O) groups excluding carboxylic acids is 1. The van der Waals surface area contributed by atoms with Crippen LogP contribution >= 0.6 is 15.9 Å². The number of rotatable bonds is 1. The molecule has 2 aromatic rings. The Kier molecular flexibility index (Phi) is 2.11. The van der Waals surface area contributed by atoms with Gasteiger partial charge in [0.25, 0.3) is 0 Å². The highest BCUT2D eigenvalue weighted by Gasteiger charge is 2.14. The second-order valence-corrected chi connectivity index (χ2v) is 3.55. The molecule has 0 spiro atoms. The molecular formula is C9H4BrF2NO. The van der Waals surface area contributed by atoms with Gasteiger partial charge in [0.15, 0.2) is 17.9 Å². The SMILES string of the molecule is O=Cc1c(Br)[nH]c2c(F)c(F)ccc12. The second kappa shape index (κ2) is 3.16. The Morgan fingerprint density at radius 3 is 2.71 bits per heavy atom.